The molecule has 0 radical (unpaired) electrons. The molecular formula is C30H16Cl5N3O14. The number of nitrogens with zero attached hydrogens (tertiary/aromatic N) is 3. The fraction of sp³-hybridized carbons (Fsp3) is 0.0667. The second-order valence-corrected chi connectivity index (χ2v) is 11.8. The van der Waals surface area contributed by atoms with Gasteiger partial charge in [-0.1, -0.05) is 64.1 Å². The molecular weight excluding hydrogens is 804 g/mol. The number of aryl methyl sites for hydroxylation is 2. The summed E-state index contributed by atoms with van der Waals surface area (Å²) in [7, 11) is 0. The van der Waals surface area contributed by atoms with E-state index in [1.54, 1.807) is 13.8 Å². The lowest BCUT2D eigenvalue weighted by atomic mass is 10.2. The van der Waals surface area contributed by atoms with E-state index in [9.17, 15) is 49.5 Å². The zero-order valence-electron chi connectivity index (χ0n) is 25.7. The third-order valence-electron chi connectivity index (χ3n) is 5.90. The van der Waals surface area contributed by atoms with Gasteiger partial charge < -0.3 is 18.9 Å². The van der Waals surface area contributed by atoms with Crippen LogP contribution in [0.15, 0.2) is 60.7 Å². The largest absolute Gasteiger partial charge is 0.423 e. The molecule has 4 aromatic rings. The van der Waals surface area contributed by atoms with Gasteiger partial charge in [0.2, 0.25) is 11.5 Å². The number of rotatable bonds is 7. The molecule has 4 aromatic carbocycles. The van der Waals surface area contributed by atoms with E-state index in [1.807, 2.05) is 0 Å². The van der Waals surface area contributed by atoms with Gasteiger partial charge in [0.1, 0.15) is 0 Å². The van der Waals surface area contributed by atoms with Crippen molar-refractivity contribution in [3.8, 4) is 23.0 Å². The molecule has 0 saturated heterocycles. The van der Waals surface area contributed by atoms with Gasteiger partial charge in [0.15, 0.2) is 11.5 Å². The Morgan fingerprint density at radius 2 is 0.885 bits per heavy atom. The molecule has 17 nitrogen and oxygen atoms in total. The van der Waals surface area contributed by atoms with E-state index in [1.165, 1.54) is 30.3 Å². The topological polar surface area (TPSA) is 235 Å². The van der Waals surface area contributed by atoms with Gasteiger partial charge in [-0.3, -0.25) is 30.3 Å². The molecule has 0 unspecified atom stereocenters. The summed E-state index contributed by atoms with van der Waals surface area (Å²) >= 11 is 29.4. The van der Waals surface area contributed by atoms with E-state index in [2.05, 4.69) is 9.47 Å². The first-order chi connectivity index (χ1) is 24.3. The van der Waals surface area contributed by atoms with Crippen LogP contribution in [0, 0.1) is 44.2 Å². The zero-order valence-corrected chi connectivity index (χ0v) is 29.5. The van der Waals surface area contributed by atoms with Crippen LogP contribution < -0.4 is 18.9 Å². The number of nitro benzene ring substituents is 3. The van der Waals surface area contributed by atoms with Crippen LogP contribution >= 0.6 is 58.0 Å². The van der Waals surface area contributed by atoms with Crippen LogP contribution in [-0.2, 0) is 19.2 Å². The Morgan fingerprint density at radius 1 is 0.500 bits per heavy atom. The minimum atomic E-state index is -1.72. The van der Waals surface area contributed by atoms with Gasteiger partial charge >= 0.3 is 35.3 Å². The van der Waals surface area contributed by atoms with Crippen molar-refractivity contribution in [1.29, 1.82) is 0 Å². The molecule has 0 fully saturated rings. The normalized spacial score (nSPS) is 10.2. The molecule has 22 heteroatoms. The van der Waals surface area contributed by atoms with Gasteiger partial charge in [-0.25, -0.2) is 19.2 Å². The van der Waals surface area contributed by atoms with Crippen LogP contribution in [0.25, 0.3) is 0 Å². The molecule has 0 aliphatic carbocycles. The lowest BCUT2D eigenvalue weighted by Gasteiger charge is -2.10. The number of nitro groups is 3. The molecule has 0 aromatic heterocycles. The van der Waals surface area contributed by atoms with E-state index in [0.717, 1.165) is 29.8 Å². The Bertz CT molecular complexity index is 2050. The summed E-state index contributed by atoms with van der Waals surface area (Å²) in [6.45, 7) is 3.31. The van der Waals surface area contributed by atoms with E-state index in [0.29, 0.717) is 11.6 Å². The minimum Gasteiger partial charge on any atom is -0.415 e. The van der Waals surface area contributed by atoms with Crippen molar-refractivity contribution in [1.82, 2.24) is 0 Å². The average Bonchev–Trinajstić information content (AvgIpc) is 3.05. The van der Waals surface area contributed by atoms with Crippen LogP contribution in [-0.4, -0.2) is 38.6 Å². The zero-order chi connectivity index (χ0) is 39.0. The lowest BCUT2D eigenvalue weighted by molar-refractivity contribution is -0.394. The van der Waals surface area contributed by atoms with Gasteiger partial charge in [-0.2, -0.15) is 0 Å². The van der Waals surface area contributed by atoms with Gasteiger partial charge in [-0.05, 0) is 61.4 Å². The number of halogens is 5. The summed E-state index contributed by atoms with van der Waals surface area (Å²) in [5.74, 6) is -7.73. The Kier molecular flexibility index (Phi) is 13.8. The van der Waals surface area contributed by atoms with E-state index in [-0.39, 0.29) is 36.6 Å². The number of non-ortho nitro benzene ring substituents is 1. The van der Waals surface area contributed by atoms with E-state index < -0.39 is 67.2 Å². The molecule has 0 atom stereocenters. The number of benzene rings is 4. The SMILES string of the molecule is Cc1cc(Cl)c(OC(=O)C(=O)Oc2c(Cl)cc(Cl)cc2Cl)c(Cl)c1.Cc1ccc(OC(=O)C(=O)Oc2ccc([N+](=O)[O-])cc2[N+](=O)[O-])c([N+](=O)[O-])c1. The van der Waals surface area contributed by atoms with Gasteiger partial charge in [-0.15, -0.1) is 0 Å². The highest BCUT2D eigenvalue weighted by Gasteiger charge is 2.29. The van der Waals surface area contributed by atoms with E-state index >= 15 is 0 Å². The van der Waals surface area contributed by atoms with E-state index in [4.69, 9.17) is 67.5 Å². The van der Waals surface area contributed by atoms with Gasteiger partial charge in [0.05, 0.1) is 40.9 Å². The van der Waals surface area contributed by atoms with Crippen molar-refractivity contribution in [3.63, 3.8) is 0 Å². The Balaban J connectivity index is 0.000000284. The van der Waals surface area contributed by atoms with Crippen molar-refractivity contribution in [3.05, 3.63) is 127 Å². The first-order valence-corrected chi connectivity index (χ1v) is 15.3. The molecule has 52 heavy (non-hydrogen) atoms. The number of carbonyl (C=O) groups is 4. The molecule has 0 saturated carbocycles. The van der Waals surface area contributed by atoms with Crippen molar-refractivity contribution in [2.75, 3.05) is 0 Å². The Morgan fingerprint density at radius 3 is 1.31 bits per heavy atom. The molecule has 0 N–H and O–H groups in total. The van der Waals surface area contributed by atoms with Crippen LogP contribution in [0.4, 0.5) is 17.1 Å². The van der Waals surface area contributed by atoms with Gasteiger partial charge in [0, 0.05) is 17.2 Å². The first-order valence-electron chi connectivity index (χ1n) is 13.4. The Hall–Kier alpha value is -5.59. The fourth-order valence-electron chi connectivity index (χ4n) is 3.67. The van der Waals surface area contributed by atoms with Crippen LogP contribution in [0.3, 0.4) is 0 Å². The van der Waals surface area contributed by atoms with Crippen LogP contribution in [0.2, 0.25) is 25.1 Å². The van der Waals surface area contributed by atoms with Crippen LogP contribution in [0.1, 0.15) is 11.1 Å². The quantitative estimate of drug-likeness (QED) is 0.0565. The van der Waals surface area contributed by atoms with Crippen molar-refractivity contribution in [2.45, 2.75) is 13.8 Å². The third kappa shape index (κ3) is 10.7. The summed E-state index contributed by atoms with van der Waals surface area (Å²) in [6.07, 6.45) is 0. The lowest BCUT2D eigenvalue weighted by Crippen LogP contribution is -2.26. The smallest absolute Gasteiger partial charge is 0.415 e. The molecule has 4 rings (SSSR count). The number of hydrogen-bond acceptors (Lipinski definition) is 14. The number of hydrogen-bond donors (Lipinski definition) is 0. The number of ether oxygens (including phenoxy) is 4. The summed E-state index contributed by atoms with van der Waals surface area (Å²) < 4.78 is 18.9. The predicted molar refractivity (Wildman–Crippen MR) is 183 cm³/mol. The maximum atomic E-state index is 11.9. The highest BCUT2D eigenvalue weighted by atomic mass is 35.5. The monoisotopic (exact) mass is 817 g/mol. The van der Waals surface area contributed by atoms with Gasteiger partial charge in [0.25, 0.3) is 5.69 Å². The number of carbonyl (C=O) groups excluding carboxylic acids is 4. The highest BCUT2D eigenvalue weighted by molar-refractivity contribution is 6.41. The summed E-state index contributed by atoms with van der Waals surface area (Å²) in [6, 6.07) is 11.4. The molecule has 270 valence electrons. The summed E-state index contributed by atoms with van der Waals surface area (Å²) in [4.78, 5) is 77.3. The summed E-state index contributed by atoms with van der Waals surface area (Å²) in [5.41, 5.74) is -0.897. The molecule has 0 spiro atoms. The molecule has 0 amide bonds. The van der Waals surface area contributed by atoms with Crippen LogP contribution in [0.5, 0.6) is 23.0 Å². The molecule has 0 aliphatic rings. The standard InChI is InChI=1S/C15H7Cl5O4.C15H9N3O10/c1-6-2-8(17)12(9(18)3-6)23-14(21)15(22)24-13-10(19)4-7(16)5-11(13)20;1-8-2-4-12(10(6-8)17(23)24)27-14(19)15(20)28-13-5-3-9(16(21)22)7-11(13)18(25)26/h2-5H,1H3;2-7H,1H3. The minimum absolute atomic E-state index is 0.0416. The molecule has 0 bridgehead atoms. The molecule has 0 aliphatic heterocycles. The second kappa shape index (κ2) is 17.6. The second-order valence-electron chi connectivity index (χ2n) is 9.71. The maximum Gasteiger partial charge on any atom is 0.423 e. The third-order valence-corrected chi connectivity index (χ3v) is 7.24. The van der Waals surface area contributed by atoms with Crippen molar-refractivity contribution in [2.24, 2.45) is 0 Å². The Labute approximate surface area is 314 Å². The molecule has 0 heterocycles. The van der Waals surface area contributed by atoms with Crippen molar-refractivity contribution < 1.29 is 52.9 Å². The highest BCUT2D eigenvalue weighted by Crippen LogP contribution is 2.37. The maximum absolute atomic E-state index is 11.9. The predicted octanol–water partition coefficient (Wildman–Crippen LogP) is 8.00. The first kappa shape index (κ1) is 40.8. The van der Waals surface area contributed by atoms with Crippen molar-refractivity contribution >= 4 is 98.9 Å². The number of esters is 4. The summed E-state index contributed by atoms with van der Waals surface area (Å²) in [5, 5.41) is 33.0. The average molecular weight is 820 g/mol. The fourth-order valence-corrected chi connectivity index (χ4v) is 5.23.